The first kappa shape index (κ1) is 27.5. The largest absolute Gasteiger partial charge is 0.486 e. The topological polar surface area (TPSA) is 61.7 Å². The monoisotopic (exact) mass is 563 g/mol. The van der Waals surface area contributed by atoms with Gasteiger partial charge in [-0.05, 0) is 67.6 Å². The van der Waals surface area contributed by atoms with Crippen LogP contribution in [-0.4, -0.2) is 59.9 Å². The number of ether oxygens (including phenoxy) is 2. The summed E-state index contributed by atoms with van der Waals surface area (Å²) in [5, 5.41) is 3.46. The van der Waals surface area contributed by atoms with Crippen molar-refractivity contribution in [2.24, 2.45) is 9.98 Å². The summed E-state index contributed by atoms with van der Waals surface area (Å²) in [4.78, 5) is 13.1. The van der Waals surface area contributed by atoms with E-state index >= 15 is 4.39 Å². The molecule has 1 saturated heterocycles. The number of rotatable bonds is 7. The zero-order valence-electron chi connectivity index (χ0n) is 23.9. The summed E-state index contributed by atoms with van der Waals surface area (Å²) >= 11 is 0. The molecule has 0 amide bonds. The highest BCUT2D eigenvalue weighted by molar-refractivity contribution is 6.12. The smallest absolute Gasteiger partial charge is 0.163 e. The Morgan fingerprint density at radius 3 is 3.00 bits per heavy atom. The number of halogens is 1. The number of nitrogens with one attached hydrogen (secondary N) is 1. The maximum absolute atomic E-state index is 16.1. The maximum atomic E-state index is 16.1. The number of hydrogen-bond donors (Lipinski definition) is 1. The van der Waals surface area contributed by atoms with E-state index in [1.807, 2.05) is 92.0 Å². The predicted octanol–water partition coefficient (Wildman–Crippen LogP) is 6.38. The van der Waals surface area contributed by atoms with Crippen molar-refractivity contribution in [3.8, 4) is 11.5 Å². The third-order valence-corrected chi connectivity index (χ3v) is 7.70. The SMILES string of the molecule is C=CCC1(F)CN(C)CCC1Oc1cccc2c1C(Nc1ccc(OC3=CC4=NC=CCN4C=C3)c(C)c1)=NC=C=C2. The third kappa shape index (κ3) is 5.73. The Bertz CT molecular complexity index is 1610. The van der Waals surface area contributed by atoms with Gasteiger partial charge in [-0.3, -0.25) is 0 Å². The number of aryl methyl sites for hydroxylation is 1. The average Bonchev–Trinajstić information content (AvgIpc) is 3.18. The molecule has 7 nitrogen and oxygen atoms in total. The van der Waals surface area contributed by atoms with Crippen LogP contribution in [0.1, 0.15) is 29.5 Å². The van der Waals surface area contributed by atoms with Crippen molar-refractivity contribution in [1.29, 1.82) is 0 Å². The van der Waals surface area contributed by atoms with Crippen LogP contribution in [0, 0.1) is 6.92 Å². The van der Waals surface area contributed by atoms with Gasteiger partial charge in [0.15, 0.2) is 5.67 Å². The Hall–Kier alpha value is -4.65. The van der Waals surface area contributed by atoms with Gasteiger partial charge in [0.2, 0.25) is 0 Å². The van der Waals surface area contributed by atoms with Gasteiger partial charge in [0.05, 0.1) is 11.8 Å². The van der Waals surface area contributed by atoms with E-state index in [2.05, 4.69) is 32.5 Å². The number of piperidine rings is 1. The summed E-state index contributed by atoms with van der Waals surface area (Å²) in [7, 11) is 1.94. The molecule has 0 bridgehead atoms. The van der Waals surface area contributed by atoms with Crippen LogP contribution in [0.3, 0.4) is 0 Å². The van der Waals surface area contributed by atoms with Gasteiger partial charge in [-0.15, -0.1) is 12.3 Å². The molecule has 0 saturated carbocycles. The van der Waals surface area contributed by atoms with Crippen LogP contribution >= 0.6 is 0 Å². The quantitative estimate of drug-likeness (QED) is 0.313. The van der Waals surface area contributed by atoms with Crippen molar-refractivity contribution in [3.63, 3.8) is 0 Å². The van der Waals surface area contributed by atoms with E-state index in [1.165, 1.54) is 0 Å². The fraction of sp³-hybridized carbons (Fsp3) is 0.265. The molecule has 1 N–H and O–H groups in total. The molecule has 0 aliphatic carbocycles. The van der Waals surface area contributed by atoms with Gasteiger partial charge in [-0.25, -0.2) is 14.4 Å². The summed E-state index contributed by atoms with van der Waals surface area (Å²) in [6, 6.07) is 11.7. The van der Waals surface area contributed by atoms with Gasteiger partial charge < -0.3 is 24.6 Å². The van der Waals surface area contributed by atoms with Crippen molar-refractivity contribution in [2.75, 3.05) is 32.0 Å². The first-order chi connectivity index (χ1) is 20.4. The molecular weight excluding hydrogens is 529 g/mol. The Labute approximate surface area is 246 Å². The number of fused-ring (bicyclic) bond motifs is 2. The van der Waals surface area contributed by atoms with Crippen LogP contribution in [-0.2, 0) is 0 Å². The lowest BCUT2D eigenvalue weighted by Crippen LogP contribution is -2.55. The lowest BCUT2D eigenvalue weighted by Gasteiger charge is -2.41. The van der Waals surface area contributed by atoms with Crippen LogP contribution in [0.25, 0.3) is 6.08 Å². The van der Waals surface area contributed by atoms with E-state index in [-0.39, 0.29) is 6.42 Å². The summed E-state index contributed by atoms with van der Waals surface area (Å²) in [5.41, 5.74) is 5.01. The molecule has 42 heavy (non-hydrogen) atoms. The van der Waals surface area contributed by atoms with Crippen LogP contribution < -0.4 is 14.8 Å². The van der Waals surface area contributed by atoms with Crippen molar-refractivity contribution in [2.45, 2.75) is 31.5 Å². The second-order valence-corrected chi connectivity index (χ2v) is 10.9. The lowest BCUT2D eigenvalue weighted by molar-refractivity contribution is -0.0465. The van der Waals surface area contributed by atoms with E-state index in [0.29, 0.717) is 24.6 Å². The molecule has 0 aromatic heterocycles. The predicted molar refractivity (Wildman–Crippen MR) is 167 cm³/mol. The fourth-order valence-electron chi connectivity index (χ4n) is 5.61. The zero-order chi connectivity index (χ0) is 29.1. The maximum Gasteiger partial charge on any atom is 0.163 e. The van der Waals surface area contributed by atoms with Gasteiger partial charge in [-0.1, -0.05) is 18.2 Å². The summed E-state index contributed by atoms with van der Waals surface area (Å²) in [5.74, 6) is 3.49. The molecule has 4 heterocycles. The Morgan fingerprint density at radius 1 is 1.24 bits per heavy atom. The number of anilines is 1. The first-order valence-corrected chi connectivity index (χ1v) is 14.1. The van der Waals surface area contributed by atoms with E-state index < -0.39 is 11.8 Å². The van der Waals surface area contributed by atoms with Crippen molar-refractivity contribution in [3.05, 3.63) is 114 Å². The Morgan fingerprint density at radius 2 is 2.14 bits per heavy atom. The zero-order valence-corrected chi connectivity index (χ0v) is 23.9. The second kappa shape index (κ2) is 11.7. The van der Waals surface area contributed by atoms with E-state index in [0.717, 1.165) is 52.8 Å². The highest BCUT2D eigenvalue weighted by Crippen LogP contribution is 2.35. The minimum Gasteiger partial charge on any atom is -0.486 e. The number of alkyl halides is 1. The van der Waals surface area contributed by atoms with Crippen LogP contribution in [0.4, 0.5) is 10.1 Å². The fourth-order valence-corrected chi connectivity index (χ4v) is 5.61. The molecule has 4 aliphatic rings. The Kier molecular flexibility index (Phi) is 7.66. The minimum absolute atomic E-state index is 0.224. The second-order valence-electron chi connectivity index (χ2n) is 10.9. The molecule has 2 atom stereocenters. The van der Waals surface area contributed by atoms with Crippen molar-refractivity contribution >= 4 is 23.4 Å². The highest BCUT2D eigenvalue weighted by Gasteiger charge is 2.44. The molecule has 2 unspecified atom stereocenters. The van der Waals surface area contributed by atoms with Gasteiger partial charge in [-0.2, -0.15) is 0 Å². The minimum atomic E-state index is -1.53. The van der Waals surface area contributed by atoms with Crippen molar-refractivity contribution < 1.29 is 13.9 Å². The van der Waals surface area contributed by atoms with E-state index in [9.17, 15) is 0 Å². The number of allylic oxidation sites excluding steroid dienone is 2. The number of benzene rings is 2. The molecular formula is C34H34FN5O2. The Balaban J connectivity index is 1.24. The van der Waals surface area contributed by atoms with E-state index in [1.54, 1.807) is 12.3 Å². The van der Waals surface area contributed by atoms with Crippen LogP contribution in [0.15, 0.2) is 107 Å². The lowest BCUT2D eigenvalue weighted by atomic mass is 9.88. The number of hydrogen-bond acceptors (Lipinski definition) is 7. The van der Waals surface area contributed by atoms with Gasteiger partial charge in [0.25, 0.3) is 0 Å². The van der Waals surface area contributed by atoms with Crippen LogP contribution in [0.2, 0.25) is 0 Å². The molecule has 6 rings (SSSR count). The molecule has 4 aliphatic heterocycles. The molecule has 8 heteroatoms. The summed E-state index contributed by atoms with van der Waals surface area (Å²) < 4.78 is 28.8. The number of likely N-dealkylation sites (tertiary alicyclic amines) is 1. The van der Waals surface area contributed by atoms with E-state index in [4.69, 9.17) is 9.47 Å². The average molecular weight is 564 g/mol. The highest BCUT2D eigenvalue weighted by atomic mass is 19.1. The summed E-state index contributed by atoms with van der Waals surface area (Å²) in [6.07, 6.45) is 15.0. The molecule has 2 aromatic rings. The number of amidine groups is 2. The first-order valence-electron chi connectivity index (χ1n) is 14.1. The normalized spacial score (nSPS) is 22.8. The molecule has 214 valence electrons. The molecule has 0 radical (unpaired) electrons. The molecule has 2 aromatic carbocycles. The standard InChI is InChI=1S/C34H34FN5O2/c1-4-15-34(35)23-39(3)19-14-30(34)42-29-10-5-8-25-9-6-16-37-33(32(25)29)38-26-11-12-28(24(2)21-26)41-27-13-20-40-18-7-17-36-31(40)22-27/h4-5,7-13,16-17,20-22,30H,1,14-15,18-19,23H2,2-3H3,(H,37,38). The van der Waals surface area contributed by atoms with Crippen molar-refractivity contribution in [1.82, 2.24) is 9.80 Å². The van der Waals surface area contributed by atoms with Crippen LogP contribution in [0.5, 0.6) is 11.5 Å². The number of nitrogens with zero attached hydrogens (tertiary/aromatic N) is 4. The van der Waals surface area contributed by atoms with Gasteiger partial charge in [0, 0.05) is 56.6 Å². The number of aliphatic imine (C=N–C) groups is 2. The van der Waals surface area contributed by atoms with Gasteiger partial charge >= 0.3 is 0 Å². The third-order valence-electron chi connectivity index (χ3n) is 7.70. The molecule has 1 fully saturated rings. The molecule has 0 spiro atoms. The van der Waals surface area contributed by atoms with Gasteiger partial charge in [0.1, 0.15) is 35.0 Å². The summed E-state index contributed by atoms with van der Waals surface area (Å²) in [6.45, 7) is 7.63.